The van der Waals surface area contributed by atoms with E-state index in [1.807, 2.05) is 0 Å². The fraction of sp³-hybridized carbons (Fsp3) is 0.333. The zero-order chi connectivity index (χ0) is 15.9. The number of benzene rings is 1. The van der Waals surface area contributed by atoms with E-state index in [1.54, 1.807) is 0 Å². The Morgan fingerprint density at radius 3 is 2.67 bits per heavy atom. The first-order chi connectivity index (χ1) is 9.78. The maximum Gasteiger partial charge on any atom is 0.573 e. The van der Waals surface area contributed by atoms with Crippen LogP contribution in [-0.2, 0) is 4.79 Å². The van der Waals surface area contributed by atoms with Crippen molar-refractivity contribution < 1.29 is 32.6 Å². The highest BCUT2D eigenvalue weighted by atomic mass is 32.2. The van der Waals surface area contributed by atoms with Crippen molar-refractivity contribution in [2.75, 3.05) is 18.1 Å². The van der Waals surface area contributed by atoms with Crippen molar-refractivity contribution in [2.45, 2.75) is 6.36 Å². The molecule has 0 aromatic heterocycles. The molecule has 0 saturated carbocycles. The molecule has 0 spiro atoms. The first-order valence-electron chi connectivity index (χ1n) is 5.71. The van der Waals surface area contributed by atoms with Crippen LogP contribution in [-0.4, -0.2) is 41.4 Å². The summed E-state index contributed by atoms with van der Waals surface area (Å²) < 4.78 is 39.9. The van der Waals surface area contributed by atoms with Crippen LogP contribution in [0.15, 0.2) is 24.3 Å². The van der Waals surface area contributed by atoms with Crippen LogP contribution in [0, 0.1) is 0 Å². The van der Waals surface area contributed by atoms with Gasteiger partial charge in [0.1, 0.15) is 5.75 Å². The number of amides is 1. The minimum Gasteiger partial charge on any atom is -0.481 e. The van der Waals surface area contributed by atoms with Crippen LogP contribution < -0.4 is 10.1 Å². The number of alkyl halides is 3. The van der Waals surface area contributed by atoms with Crippen molar-refractivity contribution in [3.05, 3.63) is 29.8 Å². The Morgan fingerprint density at radius 1 is 1.33 bits per heavy atom. The van der Waals surface area contributed by atoms with Crippen molar-refractivity contribution >= 4 is 23.6 Å². The van der Waals surface area contributed by atoms with Gasteiger partial charge >= 0.3 is 12.3 Å². The van der Waals surface area contributed by atoms with Gasteiger partial charge in [-0.05, 0) is 18.2 Å². The van der Waals surface area contributed by atoms with Crippen molar-refractivity contribution in [1.82, 2.24) is 5.32 Å². The molecule has 0 atom stereocenters. The van der Waals surface area contributed by atoms with E-state index in [-0.39, 0.29) is 17.9 Å². The first kappa shape index (κ1) is 17.2. The van der Waals surface area contributed by atoms with Gasteiger partial charge < -0.3 is 15.2 Å². The van der Waals surface area contributed by atoms with Gasteiger partial charge in [-0.1, -0.05) is 6.07 Å². The number of thioether (sulfide) groups is 1. The molecule has 1 amide bonds. The largest absolute Gasteiger partial charge is 0.573 e. The van der Waals surface area contributed by atoms with Crippen molar-refractivity contribution in [2.24, 2.45) is 0 Å². The lowest BCUT2D eigenvalue weighted by molar-refractivity contribution is -0.274. The quantitative estimate of drug-likeness (QED) is 0.752. The summed E-state index contributed by atoms with van der Waals surface area (Å²) in [7, 11) is 0. The van der Waals surface area contributed by atoms with E-state index in [2.05, 4.69) is 10.1 Å². The minimum absolute atomic E-state index is 0.0278. The molecule has 0 aliphatic rings. The molecular weight excluding hydrogens is 311 g/mol. The molecule has 9 heteroatoms. The Hall–Kier alpha value is -1.90. The Balaban J connectivity index is 2.47. The molecule has 0 saturated heterocycles. The molecule has 1 rings (SSSR count). The molecule has 0 aliphatic carbocycles. The number of hydrogen-bond acceptors (Lipinski definition) is 4. The van der Waals surface area contributed by atoms with E-state index in [4.69, 9.17) is 5.11 Å². The fourth-order valence-electron chi connectivity index (χ4n) is 1.33. The third-order valence-electron chi connectivity index (χ3n) is 2.09. The van der Waals surface area contributed by atoms with Gasteiger partial charge in [-0.3, -0.25) is 9.59 Å². The molecule has 0 aliphatic heterocycles. The lowest BCUT2D eigenvalue weighted by Gasteiger charge is -2.10. The molecule has 0 unspecified atom stereocenters. The van der Waals surface area contributed by atoms with Crippen molar-refractivity contribution in [3.63, 3.8) is 0 Å². The zero-order valence-corrected chi connectivity index (χ0v) is 11.5. The molecule has 0 bridgehead atoms. The minimum atomic E-state index is -4.82. The summed E-state index contributed by atoms with van der Waals surface area (Å²) in [6, 6.07) is 4.69. The Morgan fingerprint density at radius 2 is 2.05 bits per heavy atom. The predicted octanol–water partition coefficient (Wildman–Crippen LogP) is 2.13. The second kappa shape index (κ2) is 7.77. The van der Waals surface area contributed by atoms with Gasteiger partial charge in [0.15, 0.2) is 0 Å². The second-order valence-electron chi connectivity index (χ2n) is 3.78. The normalized spacial score (nSPS) is 11.0. The highest BCUT2D eigenvalue weighted by Crippen LogP contribution is 2.23. The van der Waals surface area contributed by atoms with Crippen LogP contribution >= 0.6 is 11.8 Å². The van der Waals surface area contributed by atoms with Crippen LogP contribution in [0.5, 0.6) is 5.75 Å². The number of ether oxygens (including phenoxy) is 1. The molecule has 0 heterocycles. The van der Waals surface area contributed by atoms with E-state index >= 15 is 0 Å². The lowest BCUT2D eigenvalue weighted by atomic mass is 10.2. The van der Waals surface area contributed by atoms with Crippen LogP contribution in [0.2, 0.25) is 0 Å². The van der Waals surface area contributed by atoms with Gasteiger partial charge in [0.25, 0.3) is 5.91 Å². The topological polar surface area (TPSA) is 75.6 Å². The van der Waals surface area contributed by atoms with Crippen LogP contribution in [0.1, 0.15) is 10.4 Å². The zero-order valence-electron chi connectivity index (χ0n) is 10.6. The Bertz CT molecular complexity index is 508. The van der Waals surface area contributed by atoms with Crippen molar-refractivity contribution in [1.29, 1.82) is 0 Å². The molecule has 116 valence electrons. The van der Waals surface area contributed by atoms with Gasteiger partial charge in [-0.2, -0.15) is 0 Å². The number of hydrogen-bond donors (Lipinski definition) is 2. The number of halogens is 3. The monoisotopic (exact) mass is 323 g/mol. The van der Waals surface area contributed by atoms with Crippen LogP contribution in [0.4, 0.5) is 13.2 Å². The number of carboxylic acid groups (broad SMARTS) is 1. The third-order valence-corrected chi connectivity index (χ3v) is 3.03. The number of nitrogens with one attached hydrogen (secondary N) is 1. The standard InChI is InChI=1S/C12H12F3NO4S/c13-12(14,15)20-9-3-1-2-8(6-9)11(19)16-4-5-21-7-10(17)18/h1-3,6H,4-5,7H2,(H,16,19)(H,17,18). The maximum absolute atomic E-state index is 12.1. The number of aliphatic carboxylic acids is 1. The van der Waals surface area contributed by atoms with E-state index < -0.39 is 24.0 Å². The Labute approximate surface area is 122 Å². The van der Waals surface area contributed by atoms with Gasteiger partial charge in [-0.15, -0.1) is 24.9 Å². The van der Waals surface area contributed by atoms with Gasteiger partial charge in [0.05, 0.1) is 5.75 Å². The summed E-state index contributed by atoms with van der Waals surface area (Å²) >= 11 is 1.12. The van der Waals surface area contributed by atoms with Crippen LogP contribution in [0.3, 0.4) is 0 Å². The SMILES string of the molecule is O=C(O)CSCCNC(=O)c1cccc(OC(F)(F)F)c1. The molecule has 5 nitrogen and oxygen atoms in total. The summed E-state index contributed by atoms with van der Waals surface area (Å²) in [6.45, 7) is 0.209. The van der Waals surface area contributed by atoms with Gasteiger partial charge in [0, 0.05) is 17.9 Å². The summed E-state index contributed by atoms with van der Waals surface area (Å²) in [5, 5.41) is 10.9. The smallest absolute Gasteiger partial charge is 0.481 e. The molecule has 0 radical (unpaired) electrons. The average Bonchev–Trinajstić information content (AvgIpc) is 2.36. The fourth-order valence-corrected chi connectivity index (χ4v) is 1.90. The van der Waals surface area contributed by atoms with Crippen LogP contribution in [0.25, 0.3) is 0 Å². The molecule has 1 aromatic carbocycles. The molecule has 2 N–H and O–H groups in total. The number of carbonyl (C=O) groups is 2. The lowest BCUT2D eigenvalue weighted by Crippen LogP contribution is -2.26. The van der Waals surface area contributed by atoms with Crippen molar-refractivity contribution in [3.8, 4) is 5.75 Å². The number of carbonyl (C=O) groups excluding carboxylic acids is 1. The van der Waals surface area contributed by atoms with Gasteiger partial charge in [0.2, 0.25) is 0 Å². The Kier molecular flexibility index (Phi) is 6.35. The van der Waals surface area contributed by atoms with E-state index in [1.165, 1.54) is 12.1 Å². The van der Waals surface area contributed by atoms with Gasteiger partial charge in [-0.25, -0.2) is 0 Å². The first-order valence-corrected chi connectivity index (χ1v) is 6.87. The molecule has 0 fully saturated rings. The molecule has 21 heavy (non-hydrogen) atoms. The molecular formula is C12H12F3NO4S. The predicted molar refractivity (Wildman–Crippen MR) is 70.4 cm³/mol. The highest BCUT2D eigenvalue weighted by molar-refractivity contribution is 7.99. The van der Waals surface area contributed by atoms with E-state index in [0.29, 0.717) is 5.75 Å². The van der Waals surface area contributed by atoms with E-state index in [0.717, 1.165) is 23.9 Å². The highest BCUT2D eigenvalue weighted by Gasteiger charge is 2.31. The molecule has 1 aromatic rings. The summed E-state index contributed by atoms with van der Waals surface area (Å²) in [6.07, 6.45) is -4.82. The van der Waals surface area contributed by atoms with E-state index in [9.17, 15) is 22.8 Å². The number of rotatable bonds is 7. The maximum atomic E-state index is 12.1. The second-order valence-corrected chi connectivity index (χ2v) is 4.88. The average molecular weight is 323 g/mol. The number of carboxylic acids is 1. The summed E-state index contributed by atoms with van der Waals surface area (Å²) in [5.41, 5.74) is 0.0278. The summed E-state index contributed by atoms with van der Waals surface area (Å²) in [4.78, 5) is 21.9. The summed E-state index contributed by atoms with van der Waals surface area (Å²) in [5.74, 6) is -1.68. The third kappa shape index (κ3) is 7.45.